The summed E-state index contributed by atoms with van der Waals surface area (Å²) in [4.78, 5) is 11.4. The Labute approximate surface area is 515 Å². The van der Waals surface area contributed by atoms with Crippen LogP contribution in [0.25, 0.3) is 86.9 Å². The number of aromatic nitrogens is 3. The lowest BCUT2D eigenvalue weighted by molar-refractivity contribution is 0.483. The molecule has 424 valence electrons. The highest BCUT2D eigenvalue weighted by Gasteiger charge is 2.42. The molecule has 0 atom stereocenters. The minimum Gasteiger partial charge on any atom is -0.459 e. The lowest BCUT2D eigenvalue weighted by Gasteiger charge is -2.36. The number of para-hydroxylation sites is 3. The van der Waals surface area contributed by atoms with Crippen molar-refractivity contribution in [3.05, 3.63) is 296 Å². The number of nitrogens with zero attached hydrogens (tertiary/aromatic N) is 5. The molecule has 0 spiro atoms. The Bertz CT molecular complexity index is 5100. The van der Waals surface area contributed by atoms with Crippen LogP contribution in [0.5, 0.6) is 11.5 Å². The number of rotatable bonds is 9. The van der Waals surface area contributed by atoms with Crippen LogP contribution in [-0.2, 0) is 17.5 Å². The standard InChI is InChI=1S/C81H65N5OSi/c1-80(2,3)55-43-44-83-77(48-55)86-74-39-22-21-35-70(74)71-42-41-59(52-76(71)86)87-60-50-57(82-7)49-58(51-60)84-53-85-78-65(36-23-37-72(78)68-33-19-17-31-66(68)67-32-18-20-34-69(67)73-38-24-40-75(84)79(73)85)54-45-56(81(4,5)6)47-64(46-54)88(61-25-11-8-12-26-61,62-27-13-9-14-28-62)63-29-15-10-16-30-63/h8-52H,53H2,1-6H3. The van der Waals surface area contributed by atoms with E-state index in [1.807, 2.05) is 24.4 Å². The van der Waals surface area contributed by atoms with E-state index < -0.39 is 8.07 Å². The van der Waals surface area contributed by atoms with Gasteiger partial charge in [0.25, 0.3) is 0 Å². The monoisotopic (exact) mass is 1150 g/mol. The molecule has 1 aliphatic heterocycles. The van der Waals surface area contributed by atoms with Gasteiger partial charge in [-0.2, -0.15) is 0 Å². The zero-order valence-corrected chi connectivity index (χ0v) is 51.3. The zero-order chi connectivity index (χ0) is 59.9. The van der Waals surface area contributed by atoms with Crippen LogP contribution >= 0.6 is 0 Å². The average molecular weight is 1150 g/mol. The summed E-state index contributed by atoms with van der Waals surface area (Å²) < 4.78 is 11.8. The van der Waals surface area contributed by atoms with E-state index in [-0.39, 0.29) is 10.8 Å². The highest BCUT2D eigenvalue weighted by atomic mass is 28.3. The Balaban J connectivity index is 0.969. The van der Waals surface area contributed by atoms with Crippen LogP contribution in [0.4, 0.5) is 17.1 Å². The fraction of sp³-hybridized carbons (Fsp3) is 0.111. The van der Waals surface area contributed by atoms with Crippen molar-refractivity contribution in [1.29, 1.82) is 0 Å². The van der Waals surface area contributed by atoms with Crippen LogP contribution in [-0.4, -0.2) is 22.2 Å². The summed E-state index contributed by atoms with van der Waals surface area (Å²) in [6.07, 6.45) is 1.91. The maximum atomic E-state index is 8.58. The van der Waals surface area contributed by atoms with Gasteiger partial charge >= 0.3 is 0 Å². The molecular weight excluding hydrogens is 1090 g/mol. The Kier molecular flexibility index (Phi) is 13.0. The molecule has 0 saturated carbocycles. The van der Waals surface area contributed by atoms with Crippen LogP contribution < -0.4 is 30.4 Å². The summed E-state index contributed by atoms with van der Waals surface area (Å²) >= 11 is 0. The Morgan fingerprint density at radius 1 is 0.432 bits per heavy atom. The van der Waals surface area contributed by atoms with Gasteiger partial charge in [-0.3, -0.25) is 4.57 Å². The van der Waals surface area contributed by atoms with Crippen molar-refractivity contribution < 1.29 is 4.74 Å². The topological polar surface area (TPSA) is 39.6 Å². The normalized spacial score (nSPS) is 12.6. The molecule has 7 heteroatoms. The van der Waals surface area contributed by atoms with Crippen molar-refractivity contribution in [1.82, 2.24) is 14.1 Å². The molecule has 0 radical (unpaired) electrons. The van der Waals surface area contributed by atoms with Crippen LogP contribution in [0.3, 0.4) is 0 Å². The SMILES string of the molecule is [C-]#[N+]c1cc(Oc2ccc3c4ccccc4n(-c4cc(C(C)(C)C)ccn4)c3c2)cc(N2Cn3c4c(-c5cc(C(C)(C)C)cc([Si](c6ccccc6)(c6ccccc6)c6ccccc6)c5)cccc4c4ccccc4c4ccccc4c4cccc2c43)c1. The minimum atomic E-state index is -3.02. The van der Waals surface area contributed by atoms with Gasteiger partial charge in [0.1, 0.15) is 24.0 Å². The minimum absolute atomic E-state index is 0.0621. The van der Waals surface area contributed by atoms with E-state index >= 15 is 0 Å². The van der Waals surface area contributed by atoms with Gasteiger partial charge in [0, 0.05) is 51.1 Å². The fourth-order valence-corrected chi connectivity index (χ4v) is 18.7. The van der Waals surface area contributed by atoms with Gasteiger partial charge < -0.3 is 14.2 Å². The van der Waals surface area contributed by atoms with Gasteiger partial charge in [0.15, 0.2) is 13.8 Å². The van der Waals surface area contributed by atoms with Gasteiger partial charge in [-0.25, -0.2) is 9.83 Å². The molecular formula is C81H65N5OSi. The van der Waals surface area contributed by atoms with E-state index in [2.05, 4.69) is 309 Å². The smallest absolute Gasteiger partial charge is 0.192 e. The van der Waals surface area contributed by atoms with Crippen LogP contribution in [0.1, 0.15) is 52.7 Å². The van der Waals surface area contributed by atoms with E-state index in [0.717, 1.165) is 82.7 Å². The van der Waals surface area contributed by atoms with Crippen molar-refractivity contribution in [2.24, 2.45) is 0 Å². The third-order valence-corrected chi connectivity index (χ3v) is 22.8. The molecule has 0 unspecified atom stereocenters. The van der Waals surface area contributed by atoms with Crippen molar-refractivity contribution in [2.45, 2.75) is 59.0 Å². The first-order chi connectivity index (χ1) is 42.8. The molecule has 88 heavy (non-hydrogen) atoms. The second kappa shape index (κ2) is 21.2. The first-order valence-electron chi connectivity index (χ1n) is 30.4. The largest absolute Gasteiger partial charge is 0.459 e. The lowest BCUT2D eigenvalue weighted by atomic mass is 9.85. The second-order valence-electron chi connectivity index (χ2n) is 25.4. The lowest BCUT2D eigenvalue weighted by Crippen LogP contribution is -2.74. The molecule has 4 heterocycles. The quantitative estimate of drug-likeness (QED) is 0.0821. The van der Waals surface area contributed by atoms with Gasteiger partial charge in [-0.1, -0.05) is 248 Å². The molecule has 0 aliphatic carbocycles. The number of hydrogen-bond acceptors (Lipinski definition) is 3. The molecule has 0 amide bonds. The maximum Gasteiger partial charge on any atom is 0.192 e. The molecule has 0 saturated heterocycles. The number of benzene rings is 11. The van der Waals surface area contributed by atoms with Crippen LogP contribution in [0, 0.1) is 6.57 Å². The summed E-state index contributed by atoms with van der Waals surface area (Å²) in [5.74, 6) is 2.09. The predicted molar refractivity (Wildman–Crippen MR) is 372 cm³/mol. The van der Waals surface area contributed by atoms with Crippen LogP contribution in [0.2, 0.25) is 0 Å². The Morgan fingerprint density at radius 3 is 1.59 bits per heavy atom. The average Bonchev–Trinajstić information content (AvgIpc) is 1.84. The summed E-state index contributed by atoms with van der Waals surface area (Å²) in [5, 5.41) is 14.5. The predicted octanol–water partition coefficient (Wildman–Crippen LogP) is 18.8. The van der Waals surface area contributed by atoms with E-state index in [1.54, 1.807) is 0 Å². The Hall–Kier alpha value is -10.5. The van der Waals surface area contributed by atoms with Gasteiger partial charge in [0.05, 0.1) is 34.3 Å². The zero-order valence-electron chi connectivity index (χ0n) is 50.3. The molecule has 11 aromatic carbocycles. The molecule has 3 aromatic heterocycles. The summed E-state index contributed by atoms with van der Waals surface area (Å²) in [5.41, 5.74) is 11.2. The number of hydrogen-bond donors (Lipinski definition) is 0. The number of ether oxygens (including phenoxy) is 1. The van der Waals surface area contributed by atoms with Crippen molar-refractivity contribution in [3.63, 3.8) is 0 Å². The van der Waals surface area contributed by atoms with Gasteiger partial charge in [0.2, 0.25) is 0 Å². The molecule has 6 nitrogen and oxygen atoms in total. The molecule has 14 aromatic rings. The van der Waals surface area contributed by atoms with Crippen molar-refractivity contribution in [2.75, 3.05) is 4.90 Å². The van der Waals surface area contributed by atoms with Gasteiger partial charge in [-0.15, -0.1) is 0 Å². The number of anilines is 2. The summed E-state index contributed by atoms with van der Waals surface area (Å²) in [7, 11) is -3.02. The third-order valence-electron chi connectivity index (χ3n) is 18.1. The molecule has 15 rings (SSSR count). The maximum absolute atomic E-state index is 8.58. The molecule has 0 fully saturated rings. The van der Waals surface area contributed by atoms with E-state index in [0.29, 0.717) is 23.9 Å². The fourth-order valence-electron chi connectivity index (χ4n) is 13.9. The molecule has 0 N–H and O–H groups in total. The third kappa shape index (κ3) is 9.02. The van der Waals surface area contributed by atoms with Crippen molar-refractivity contribution >= 4 is 111 Å². The van der Waals surface area contributed by atoms with E-state index in [9.17, 15) is 0 Å². The van der Waals surface area contributed by atoms with Crippen LogP contribution in [0.15, 0.2) is 273 Å². The first-order valence-corrected chi connectivity index (χ1v) is 32.4. The first kappa shape index (κ1) is 54.2. The molecule has 1 aliphatic rings. The Morgan fingerprint density at radius 2 is 0.977 bits per heavy atom. The number of pyridine rings is 1. The van der Waals surface area contributed by atoms with E-state index in [4.69, 9.17) is 16.3 Å². The summed E-state index contributed by atoms with van der Waals surface area (Å²) in [6, 6.07) is 97.9. The molecule has 0 bridgehead atoms. The van der Waals surface area contributed by atoms with E-state index in [1.165, 1.54) is 42.6 Å². The highest BCUT2D eigenvalue weighted by Crippen LogP contribution is 2.47. The summed E-state index contributed by atoms with van der Waals surface area (Å²) in [6.45, 7) is 22.8. The van der Waals surface area contributed by atoms with Crippen molar-refractivity contribution in [3.8, 4) is 28.4 Å². The second-order valence-corrected chi connectivity index (χ2v) is 29.3. The number of fused-ring (bicyclic) bond motifs is 10. The highest BCUT2D eigenvalue weighted by molar-refractivity contribution is 7.20. The van der Waals surface area contributed by atoms with Gasteiger partial charge in [-0.05, 0) is 118 Å².